The van der Waals surface area contributed by atoms with E-state index < -0.39 is 28.6 Å². The zero-order chi connectivity index (χ0) is 28.4. The lowest BCUT2D eigenvalue weighted by atomic mass is 10.1. The Bertz CT molecular complexity index is 1310. The second kappa shape index (κ2) is 13.2. The molecule has 2 N–H and O–H groups in total. The molecule has 12 nitrogen and oxygen atoms in total. The molecule has 39 heavy (non-hydrogen) atoms. The molecule has 0 aliphatic carbocycles. The highest BCUT2D eigenvalue weighted by Crippen LogP contribution is 2.33. The molecule has 3 aromatic rings. The first-order valence-corrected chi connectivity index (χ1v) is 11.9. The lowest BCUT2D eigenvalue weighted by Gasteiger charge is -2.22. The second-order valence-electron chi connectivity index (χ2n) is 9.28. The van der Waals surface area contributed by atoms with Gasteiger partial charge in [0.15, 0.2) is 0 Å². The first-order chi connectivity index (χ1) is 18.6. The fraction of sp³-hybridized carbons (Fsp3) is 0.296. The van der Waals surface area contributed by atoms with E-state index in [1.54, 1.807) is 39.0 Å². The fourth-order valence-electron chi connectivity index (χ4n) is 3.30. The summed E-state index contributed by atoms with van der Waals surface area (Å²) in [5, 5.41) is 17.8. The smallest absolute Gasteiger partial charge is 0.408 e. The largest absolute Gasteiger partial charge is 0.497 e. The highest BCUT2D eigenvalue weighted by atomic mass is 16.6. The average Bonchev–Trinajstić information content (AvgIpc) is 3.36. The van der Waals surface area contributed by atoms with E-state index >= 15 is 0 Å². The minimum Gasteiger partial charge on any atom is -0.497 e. The molecule has 2 aromatic carbocycles. The minimum atomic E-state index is -1.10. The number of carbonyl (C=O) groups excluding carboxylic acids is 2. The van der Waals surface area contributed by atoms with Crippen molar-refractivity contribution in [1.82, 2.24) is 10.7 Å². The summed E-state index contributed by atoms with van der Waals surface area (Å²) in [6.07, 6.45) is 0.443. The van der Waals surface area contributed by atoms with E-state index in [2.05, 4.69) is 15.8 Å². The number of hydrazone groups is 1. The quantitative estimate of drug-likeness (QED) is 0.206. The van der Waals surface area contributed by atoms with Crippen molar-refractivity contribution in [3.05, 3.63) is 82.1 Å². The number of furan rings is 1. The van der Waals surface area contributed by atoms with Crippen molar-refractivity contribution in [3.63, 3.8) is 0 Å². The van der Waals surface area contributed by atoms with Crippen LogP contribution in [-0.4, -0.2) is 48.5 Å². The van der Waals surface area contributed by atoms with Gasteiger partial charge in [0, 0.05) is 0 Å². The third-order valence-electron chi connectivity index (χ3n) is 5.06. The van der Waals surface area contributed by atoms with Crippen LogP contribution < -0.4 is 15.5 Å². The molecule has 0 spiro atoms. The number of alkyl carbamates (subject to hydrolysis) is 1. The Balaban J connectivity index is 1.66. The molecule has 0 aliphatic rings. The molecule has 206 valence electrons. The van der Waals surface area contributed by atoms with Crippen LogP contribution in [0.1, 0.15) is 32.1 Å². The number of rotatable bonds is 11. The number of nitrogens with one attached hydrogen (secondary N) is 2. The number of nitro groups is 1. The van der Waals surface area contributed by atoms with Gasteiger partial charge in [0.05, 0.1) is 43.1 Å². The first-order valence-electron chi connectivity index (χ1n) is 11.9. The number of nitrogens with zero attached hydrogens (tertiary/aromatic N) is 2. The van der Waals surface area contributed by atoms with Gasteiger partial charge in [-0.25, -0.2) is 10.2 Å². The van der Waals surface area contributed by atoms with Gasteiger partial charge in [-0.1, -0.05) is 30.3 Å². The van der Waals surface area contributed by atoms with Crippen LogP contribution in [0.15, 0.2) is 70.2 Å². The summed E-state index contributed by atoms with van der Waals surface area (Å²) in [5.74, 6) is 0.148. The Hall–Kier alpha value is -4.71. The molecule has 12 heteroatoms. The van der Waals surface area contributed by atoms with Crippen molar-refractivity contribution in [3.8, 4) is 17.1 Å². The van der Waals surface area contributed by atoms with E-state index in [0.717, 1.165) is 5.56 Å². The molecule has 1 heterocycles. The topological polar surface area (TPSA) is 155 Å². The molecule has 0 bridgehead atoms. The number of amides is 2. The van der Waals surface area contributed by atoms with Crippen molar-refractivity contribution < 1.29 is 33.1 Å². The summed E-state index contributed by atoms with van der Waals surface area (Å²) in [5.41, 5.74) is 2.54. The molecule has 1 atom stereocenters. The van der Waals surface area contributed by atoms with Crippen LogP contribution in [-0.2, 0) is 20.9 Å². The number of benzene rings is 2. The highest BCUT2D eigenvalue weighted by Gasteiger charge is 2.25. The maximum absolute atomic E-state index is 12.8. The van der Waals surface area contributed by atoms with Crippen molar-refractivity contribution in [1.29, 1.82) is 0 Å². The van der Waals surface area contributed by atoms with Gasteiger partial charge in [0.2, 0.25) is 0 Å². The van der Waals surface area contributed by atoms with E-state index in [4.69, 9.17) is 18.6 Å². The Morgan fingerprint density at radius 3 is 2.54 bits per heavy atom. The number of hydrogen-bond acceptors (Lipinski definition) is 9. The SMILES string of the molecule is COc1ccc(-c2ccc(/C=N\NC(=O)[C@H](COCc3ccccc3)NC(=O)OC(C)(C)C)o2)c([N+](=O)[O-])c1. The first kappa shape index (κ1) is 28.9. The van der Waals surface area contributed by atoms with Gasteiger partial charge in [-0.3, -0.25) is 14.9 Å². The molecule has 0 radical (unpaired) electrons. The molecule has 0 aliphatic heterocycles. The normalized spacial score (nSPS) is 12.1. The number of nitro benzene ring substituents is 1. The van der Waals surface area contributed by atoms with Crippen LogP contribution in [0.3, 0.4) is 0 Å². The van der Waals surface area contributed by atoms with Gasteiger partial charge in [-0.05, 0) is 50.6 Å². The van der Waals surface area contributed by atoms with Crippen LogP contribution in [0.25, 0.3) is 11.3 Å². The van der Waals surface area contributed by atoms with Crippen LogP contribution in [0.2, 0.25) is 0 Å². The van der Waals surface area contributed by atoms with Crippen molar-refractivity contribution in [2.75, 3.05) is 13.7 Å². The molecule has 2 amide bonds. The maximum Gasteiger partial charge on any atom is 0.408 e. The van der Waals surface area contributed by atoms with Gasteiger partial charge < -0.3 is 23.9 Å². The fourth-order valence-corrected chi connectivity index (χ4v) is 3.30. The Labute approximate surface area is 225 Å². The molecule has 1 aromatic heterocycles. The van der Waals surface area contributed by atoms with Gasteiger partial charge in [0.25, 0.3) is 11.6 Å². The Morgan fingerprint density at radius 2 is 1.87 bits per heavy atom. The van der Waals surface area contributed by atoms with Crippen LogP contribution in [0.5, 0.6) is 5.75 Å². The zero-order valence-electron chi connectivity index (χ0n) is 22.0. The molecular formula is C27H30N4O8. The lowest BCUT2D eigenvalue weighted by Crippen LogP contribution is -2.49. The third-order valence-corrected chi connectivity index (χ3v) is 5.06. The summed E-state index contributed by atoms with van der Waals surface area (Å²) in [4.78, 5) is 36.0. The summed E-state index contributed by atoms with van der Waals surface area (Å²) >= 11 is 0. The van der Waals surface area contributed by atoms with Crippen molar-refractivity contribution in [2.45, 2.75) is 39.0 Å². The summed E-state index contributed by atoms with van der Waals surface area (Å²) in [6.45, 7) is 5.21. The van der Waals surface area contributed by atoms with Gasteiger partial charge in [0.1, 0.15) is 28.9 Å². The minimum absolute atomic E-state index is 0.137. The number of hydrogen-bond donors (Lipinski definition) is 2. The second-order valence-corrected chi connectivity index (χ2v) is 9.28. The monoisotopic (exact) mass is 538 g/mol. The van der Waals surface area contributed by atoms with Crippen LogP contribution in [0.4, 0.5) is 10.5 Å². The van der Waals surface area contributed by atoms with E-state index in [-0.39, 0.29) is 36.0 Å². The average molecular weight is 539 g/mol. The van der Waals surface area contributed by atoms with Crippen molar-refractivity contribution in [2.24, 2.45) is 5.10 Å². The van der Waals surface area contributed by atoms with Crippen LogP contribution in [0, 0.1) is 10.1 Å². The van der Waals surface area contributed by atoms with E-state index in [1.807, 2.05) is 30.3 Å². The zero-order valence-corrected chi connectivity index (χ0v) is 22.0. The molecule has 0 saturated carbocycles. The molecule has 0 unspecified atom stereocenters. The molecule has 0 fully saturated rings. The summed E-state index contributed by atoms with van der Waals surface area (Å²) in [7, 11) is 1.41. The number of carbonyl (C=O) groups is 2. The Kier molecular flexibility index (Phi) is 9.76. The molecule has 0 saturated heterocycles. The number of ether oxygens (including phenoxy) is 3. The van der Waals surface area contributed by atoms with Gasteiger partial charge in [-0.2, -0.15) is 5.10 Å². The highest BCUT2D eigenvalue weighted by molar-refractivity contribution is 5.87. The van der Waals surface area contributed by atoms with E-state index in [0.29, 0.717) is 5.75 Å². The van der Waals surface area contributed by atoms with Gasteiger partial charge in [-0.15, -0.1) is 0 Å². The van der Waals surface area contributed by atoms with Crippen molar-refractivity contribution >= 4 is 23.9 Å². The third kappa shape index (κ3) is 8.97. The predicted octanol–water partition coefficient (Wildman–Crippen LogP) is 4.42. The standard InChI is InChI=1S/C27H30N4O8/c1-27(2,3)39-26(33)29-22(17-37-16-18-8-6-5-7-9-18)25(32)30-28-15-20-11-13-24(38-20)21-12-10-19(36-4)14-23(21)31(34)35/h5-15,22H,16-17H2,1-4H3,(H,29,33)(H,30,32)/b28-15-/t22-/m0/s1. The maximum atomic E-state index is 12.8. The molecular weight excluding hydrogens is 508 g/mol. The van der Waals surface area contributed by atoms with E-state index in [9.17, 15) is 19.7 Å². The molecule has 3 rings (SSSR count). The van der Waals surface area contributed by atoms with Crippen LogP contribution >= 0.6 is 0 Å². The predicted molar refractivity (Wildman–Crippen MR) is 142 cm³/mol. The Morgan fingerprint density at radius 1 is 1.13 bits per heavy atom. The summed E-state index contributed by atoms with van der Waals surface area (Å²) in [6, 6.07) is 15.7. The van der Waals surface area contributed by atoms with E-state index in [1.165, 1.54) is 25.5 Å². The number of methoxy groups -OCH3 is 1. The lowest BCUT2D eigenvalue weighted by molar-refractivity contribution is -0.384. The summed E-state index contributed by atoms with van der Waals surface area (Å²) < 4.78 is 21.6. The van der Waals surface area contributed by atoms with Gasteiger partial charge >= 0.3 is 6.09 Å².